The van der Waals surface area contributed by atoms with Crippen molar-refractivity contribution in [2.45, 2.75) is 48.3 Å². The van der Waals surface area contributed by atoms with E-state index in [4.69, 9.17) is 21.4 Å². The number of carboxylic acids is 1. The molecule has 8 rings (SSSR count). The molecule has 1 saturated heterocycles. The van der Waals surface area contributed by atoms with Gasteiger partial charge in [-0.15, -0.1) is 11.8 Å². The summed E-state index contributed by atoms with van der Waals surface area (Å²) in [7, 11) is 0. The van der Waals surface area contributed by atoms with E-state index in [1.165, 1.54) is 4.90 Å². The van der Waals surface area contributed by atoms with Gasteiger partial charge in [0.2, 0.25) is 11.8 Å². The van der Waals surface area contributed by atoms with Crippen LogP contribution >= 0.6 is 34.7 Å². The van der Waals surface area contributed by atoms with Gasteiger partial charge in [0, 0.05) is 45.3 Å². The molecule has 6 unspecified atom stereocenters. The molecule has 3 aromatic carbocycles. The molecule has 4 aliphatic rings. The van der Waals surface area contributed by atoms with E-state index in [-0.39, 0.29) is 64.5 Å². The molecule has 0 spiro atoms. The quantitative estimate of drug-likeness (QED) is 0.119. The first kappa shape index (κ1) is 33.0. The van der Waals surface area contributed by atoms with Gasteiger partial charge in [-0.05, 0) is 78.1 Å². The smallest absolute Gasteiger partial charge is 0.305 e. The molecule has 3 N–H and O–H groups in total. The standard InChI is InChI=1S/C37H34ClN3O7S2/c38-20-10-12-25(48-17-26(42)39-21-11-9-18-6-3-4-7-19(18)14-21)22(15-20)28-29-23-16-24(32(29)49-34-33(28)50-37(47)40-34)31-30(23)35(45)41(36(31)46)13-5-1-2-8-27(43)44/h3-4,6-7,9-12,14-15,23-24,28-32H,1-2,5,8,13,16-17H2,(H,39,42)(H,40,47)(H,43,44)/t23?,24?,28-,29?,30?,31?,32?/m1/s1. The third-order valence-electron chi connectivity index (χ3n) is 10.8. The third-order valence-corrected chi connectivity index (χ3v) is 13.6. The number of unbranched alkanes of at least 4 members (excludes halogenated alkanes) is 2. The van der Waals surface area contributed by atoms with Crippen LogP contribution in [0.3, 0.4) is 0 Å². The zero-order valence-electron chi connectivity index (χ0n) is 26.8. The Hall–Kier alpha value is -4.13. The fourth-order valence-electron chi connectivity index (χ4n) is 8.87. The average molecular weight is 732 g/mol. The van der Waals surface area contributed by atoms with Crippen molar-refractivity contribution in [1.29, 1.82) is 0 Å². The third kappa shape index (κ3) is 5.80. The second-order valence-electron chi connectivity index (χ2n) is 13.6. The molecule has 2 bridgehead atoms. The number of H-pyrrole nitrogens is 1. The van der Waals surface area contributed by atoms with Crippen molar-refractivity contribution in [2.24, 2.45) is 29.6 Å². The number of thioether (sulfide) groups is 1. The summed E-state index contributed by atoms with van der Waals surface area (Å²) in [6.45, 7) is 0.0439. The number of aromatic amines is 1. The predicted octanol–water partition coefficient (Wildman–Crippen LogP) is 6.38. The monoisotopic (exact) mass is 731 g/mol. The van der Waals surface area contributed by atoms with Gasteiger partial charge in [-0.3, -0.25) is 28.9 Å². The lowest BCUT2D eigenvalue weighted by Gasteiger charge is -2.43. The van der Waals surface area contributed by atoms with E-state index in [1.54, 1.807) is 23.9 Å². The van der Waals surface area contributed by atoms with E-state index < -0.39 is 17.8 Å². The molecule has 3 heterocycles. The maximum Gasteiger partial charge on any atom is 0.305 e. The van der Waals surface area contributed by atoms with Crippen LogP contribution in [0, 0.1) is 29.6 Å². The highest BCUT2D eigenvalue weighted by atomic mass is 35.5. The second-order valence-corrected chi connectivity index (χ2v) is 16.2. The van der Waals surface area contributed by atoms with Crippen LogP contribution in [-0.4, -0.2) is 57.1 Å². The Bertz CT molecular complexity index is 2100. The number of aromatic nitrogens is 1. The number of carbonyl (C=O) groups excluding carboxylic acids is 3. The van der Waals surface area contributed by atoms with Crippen LogP contribution in [-0.2, 0) is 19.2 Å². The van der Waals surface area contributed by atoms with Crippen molar-refractivity contribution >= 4 is 74.9 Å². The van der Waals surface area contributed by atoms with Crippen LogP contribution in [0.15, 0.2) is 70.5 Å². The largest absolute Gasteiger partial charge is 0.483 e. The summed E-state index contributed by atoms with van der Waals surface area (Å²) in [6.07, 6.45) is 2.50. The number of nitrogens with one attached hydrogen (secondary N) is 2. The molecular weight excluding hydrogens is 698 g/mol. The maximum atomic E-state index is 13.9. The highest BCUT2D eigenvalue weighted by Crippen LogP contribution is 2.69. The first-order valence-electron chi connectivity index (χ1n) is 16.9. The number of hydrogen-bond donors (Lipinski definition) is 3. The molecule has 13 heteroatoms. The fourth-order valence-corrected chi connectivity index (χ4v) is 11.9. The number of thiazole rings is 1. The van der Waals surface area contributed by atoms with Crippen LogP contribution in [0.4, 0.5) is 5.69 Å². The summed E-state index contributed by atoms with van der Waals surface area (Å²) in [5.41, 5.74) is 1.41. The number of imide groups is 1. The molecule has 4 aromatic rings. The van der Waals surface area contributed by atoms with Gasteiger partial charge in [-0.1, -0.05) is 59.7 Å². The van der Waals surface area contributed by atoms with Crippen molar-refractivity contribution in [3.05, 3.63) is 85.8 Å². The van der Waals surface area contributed by atoms with Crippen molar-refractivity contribution in [3.8, 4) is 5.75 Å². The van der Waals surface area contributed by atoms with Gasteiger partial charge in [0.25, 0.3) is 5.91 Å². The number of nitrogens with zero attached hydrogens (tertiary/aromatic N) is 1. The Kier molecular flexibility index (Phi) is 8.73. The average Bonchev–Trinajstić information content (AvgIpc) is 3.83. The first-order chi connectivity index (χ1) is 24.2. The molecule has 1 aromatic heterocycles. The minimum atomic E-state index is -0.855. The van der Waals surface area contributed by atoms with E-state index in [1.807, 2.05) is 48.5 Å². The van der Waals surface area contributed by atoms with E-state index in [0.717, 1.165) is 44.0 Å². The van der Waals surface area contributed by atoms with Gasteiger partial charge in [0.1, 0.15) is 5.75 Å². The van der Waals surface area contributed by atoms with E-state index >= 15 is 0 Å². The predicted molar refractivity (Wildman–Crippen MR) is 191 cm³/mol. The van der Waals surface area contributed by atoms with E-state index in [2.05, 4.69) is 10.3 Å². The van der Waals surface area contributed by atoms with Gasteiger partial charge in [-0.25, -0.2) is 0 Å². The van der Waals surface area contributed by atoms with Crippen molar-refractivity contribution in [1.82, 2.24) is 9.88 Å². The lowest BCUT2D eigenvalue weighted by molar-refractivity contribution is -0.141. The molecule has 2 aliphatic carbocycles. The molecule has 7 atom stereocenters. The van der Waals surface area contributed by atoms with Crippen LogP contribution in [0.25, 0.3) is 10.8 Å². The minimum absolute atomic E-state index is 0.0145. The number of anilines is 1. The summed E-state index contributed by atoms with van der Waals surface area (Å²) in [5, 5.41) is 15.2. The van der Waals surface area contributed by atoms with Gasteiger partial charge >= 0.3 is 10.8 Å². The highest BCUT2D eigenvalue weighted by Gasteiger charge is 2.69. The number of halogens is 1. The maximum absolute atomic E-state index is 13.9. The summed E-state index contributed by atoms with van der Waals surface area (Å²) in [5.74, 6) is -2.35. The normalized spacial score (nSPS) is 26.2. The van der Waals surface area contributed by atoms with Crippen molar-refractivity contribution in [3.63, 3.8) is 0 Å². The second kappa shape index (κ2) is 13.2. The van der Waals surface area contributed by atoms with Crippen LogP contribution in [0.2, 0.25) is 5.02 Å². The summed E-state index contributed by atoms with van der Waals surface area (Å²) < 4.78 is 6.21. The number of aliphatic carboxylic acids is 1. The minimum Gasteiger partial charge on any atom is -0.483 e. The Balaban J connectivity index is 1.05. The van der Waals surface area contributed by atoms with Crippen LogP contribution < -0.4 is 14.9 Å². The molecule has 2 saturated carbocycles. The molecule has 50 heavy (non-hydrogen) atoms. The molecule has 2 aliphatic heterocycles. The van der Waals surface area contributed by atoms with Crippen molar-refractivity contribution in [2.75, 3.05) is 18.5 Å². The van der Waals surface area contributed by atoms with Gasteiger partial charge in [0.15, 0.2) is 6.61 Å². The van der Waals surface area contributed by atoms with Gasteiger partial charge in [0.05, 0.1) is 16.9 Å². The SMILES string of the molecule is O=C(O)CCCCCN1C(=O)C2C3CC(C2C1=O)C1C3Sc2[nH]c(=O)sc2[C@@H]1c1cc(Cl)ccc1OCC(=O)Nc1ccc2ccccc2c1. The number of fused-ring (bicyclic) bond motifs is 10. The molecule has 3 amide bonds. The number of carbonyl (C=O) groups is 4. The Morgan fingerprint density at radius 2 is 1.74 bits per heavy atom. The number of likely N-dealkylation sites (tertiary alicyclic amines) is 1. The van der Waals surface area contributed by atoms with Gasteiger partial charge < -0.3 is 20.1 Å². The number of amides is 3. The zero-order valence-corrected chi connectivity index (χ0v) is 29.2. The summed E-state index contributed by atoms with van der Waals surface area (Å²) in [4.78, 5) is 69.5. The number of hydrogen-bond acceptors (Lipinski definition) is 8. The number of benzene rings is 3. The van der Waals surface area contributed by atoms with Crippen LogP contribution in [0.1, 0.15) is 48.5 Å². The molecule has 258 valence electrons. The lowest BCUT2D eigenvalue weighted by Crippen LogP contribution is -2.42. The summed E-state index contributed by atoms with van der Waals surface area (Å²) >= 11 is 9.34. The van der Waals surface area contributed by atoms with Crippen molar-refractivity contribution < 1.29 is 29.0 Å². The Labute approximate surface area is 300 Å². The van der Waals surface area contributed by atoms with E-state index in [9.17, 15) is 24.0 Å². The van der Waals surface area contributed by atoms with Gasteiger partial charge in [-0.2, -0.15) is 0 Å². The zero-order chi connectivity index (χ0) is 34.7. The Morgan fingerprint density at radius 1 is 0.960 bits per heavy atom. The number of ether oxygens (including phenoxy) is 1. The van der Waals surface area contributed by atoms with E-state index in [0.29, 0.717) is 42.3 Å². The highest BCUT2D eigenvalue weighted by molar-refractivity contribution is 8.00. The fraction of sp³-hybridized carbons (Fsp3) is 0.378. The summed E-state index contributed by atoms with van der Waals surface area (Å²) in [6, 6.07) is 18.9. The Morgan fingerprint density at radius 3 is 2.54 bits per heavy atom. The molecule has 0 radical (unpaired) electrons. The number of rotatable bonds is 11. The molecular formula is C37H34ClN3O7S2. The number of carboxylic acid groups (broad SMARTS) is 1. The molecule has 3 fully saturated rings. The topological polar surface area (TPSA) is 146 Å². The lowest BCUT2D eigenvalue weighted by atomic mass is 9.68. The molecule has 10 nitrogen and oxygen atoms in total. The first-order valence-corrected chi connectivity index (χ1v) is 18.9. The van der Waals surface area contributed by atoms with Crippen LogP contribution in [0.5, 0.6) is 5.75 Å².